The van der Waals surface area contributed by atoms with Crippen LogP contribution >= 0.6 is 0 Å². The monoisotopic (exact) mass is 170 g/mol. The molecule has 0 rings (SSSR count). The van der Waals surface area contributed by atoms with Gasteiger partial charge in [0.15, 0.2) is 0 Å². The quantitative estimate of drug-likeness (QED) is 0.458. The Bertz CT molecular complexity index is 110. The summed E-state index contributed by atoms with van der Waals surface area (Å²) in [5.41, 5.74) is 0. The van der Waals surface area contributed by atoms with Gasteiger partial charge in [-0.15, -0.1) is 6.58 Å². The zero-order valence-electron chi connectivity index (χ0n) is 8.64. The molecule has 0 heterocycles. The molecule has 0 aromatic carbocycles. The molecule has 0 aliphatic carbocycles. The minimum absolute atomic E-state index is 0.759. The van der Waals surface area contributed by atoms with Crippen molar-refractivity contribution in [3.63, 3.8) is 0 Å². The average molecular weight is 170 g/mol. The van der Waals surface area contributed by atoms with Gasteiger partial charge < -0.3 is 10.2 Å². The highest BCUT2D eigenvalue weighted by Gasteiger charge is 1.99. The van der Waals surface area contributed by atoms with Crippen LogP contribution in [0.25, 0.3) is 0 Å². The van der Waals surface area contributed by atoms with Gasteiger partial charge in [-0.05, 0) is 13.0 Å². The summed E-state index contributed by atoms with van der Waals surface area (Å²) in [5, 5.41) is 3.28. The highest BCUT2D eigenvalue weighted by Crippen LogP contribution is 1.93. The van der Waals surface area contributed by atoms with Crippen LogP contribution in [0.3, 0.4) is 0 Å². The topological polar surface area (TPSA) is 15.3 Å². The van der Waals surface area contributed by atoms with Gasteiger partial charge in [0.1, 0.15) is 0 Å². The lowest BCUT2D eigenvalue weighted by Crippen LogP contribution is -2.31. The molecule has 1 N–H and O–H groups in total. The largest absolute Gasteiger partial charge is 0.312 e. The van der Waals surface area contributed by atoms with E-state index in [-0.39, 0.29) is 0 Å². The summed E-state index contributed by atoms with van der Waals surface area (Å²) in [6, 6.07) is 0. The summed E-state index contributed by atoms with van der Waals surface area (Å²) in [5.74, 6) is 0.759. The van der Waals surface area contributed by atoms with Crippen molar-refractivity contribution in [3.8, 4) is 0 Å². The third kappa shape index (κ3) is 7.76. The van der Waals surface area contributed by atoms with Crippen molar-refractivity contribution in [2.24, 2.45) is 5.92 Å². The maximum Gasteiger partial charge on any atom is 0.0132 e. The molecule has 0 saturated carbocycles. The highest BCUT2D eigenvalue weighted by molar-refractivity contribution is 4.69. The summed E-state index contributed by atoms with van der Waals surface area (Å²) >= 11 is 0. The smallest absolute Gasteiger partial charge is 0.0132 e. The number of hydrogen-bond acceptors (Lipinski definition) is 2. The lowest BCUT2D eigenvalue weighted by molar-refractivity contribution is 0.296. The Hall–Kier alpha value is -0.340. The van der Waals surface area contributed by atoms with Gasteiger partial charge in [0.05, 0.1) is 0 Å². The van der Waals surface area contributed by atoms with Crippen LogP contribution in [0.2, 0.25) is 0 Å². The molecule has 0 amide bonds. The molecule has 0 fully saturated rings. The SMILES string of the molecule is C=CCNCCN(C)CC(C)C. The van der Waals surface area contributed by atoms with E-state index in [9.17, 15) is 0 Å². The lowest BCUT2D eigenvalue weighted by Gasteiger charge is -2.18. The average Bonchev–Trinajstić information content (AvgIpc) is 1.97. The fourth-order valence-corrected chi connectivity index (χ4v) is 1.19. The molecule has 0 unspecified atom stereocenters. The second kappa shape index (κ2) is 7.32. The van der Waals surface area contributed by atoms with E-state index in [0.29, 0.717) is 0 Å². The zero-order valence-corrected chi connectivity index (χ0v) is 8.64. The third-order valence-electron chi connectivity index (χ3n) is 1.64. The van der Waals surface area contributed by atoms with Crippen molar-refractivity contribution in [3.05, 3.63) is 12.7 Å². The van der Waals surface area contributed by atoms with Crippen LogP contribution in [0.5, 0.6) is 0 Å². The van der Waals surface area contributed by atoms with Gasteiger partial charge in [0, 0.05) is 26.2 Å². The molecule has 0 saturated heterocycles. The third-order valence-corrected chi connectivity index (χ3v) is 1.64. The zero-order chi connectivity index (χ0) is 9.40. The van der Waals surface area contributed by atoms with E-state index in [0.717, 1.165) is 25.6 Å². The molecule has 0 spiro atoms. The van der Waals surface area contributed by atoms with Crippen LogP contribution in [0.15, 0.2) is 12.7 Å². The molecule has 0 radical (unpaired) electrons. The van der Waals surface area contributed by atoms with Crippen molar-refractivity contribution < 1.29 is 0 Å². The van der Waals surface area contributed by atoms with Gasteiger partial charge in [0.25, 0.3) is 0 Å². The molecule has 2 heteroatoms. The van der Waals surface area contributed by atoms with Crippen LogP contribution in [-0.4, -0.2) is 38.1 Å². The first-order chi connectivity index (χ1) is 5.66. The van der Waals surface area contributed by atoms with Gasteiger partial charge >= 0.3 is 0 Å². The Balaban J connectivity index is 3.19. The van der Waals surface area contributed by atoms with Crippen molar-refractivity contribution in [2.45, 2.75) is 13.8 Å². The number of nitrogens with zero attached hydrogens (tertiary/aromatic N) is 1. The second-order valence-corrected chi connectivity index (χ2v) is 3.65. The number of nitrogens with one attached hydrogen (secondary N) is 1. The molecule has 0 aromatic rings. The number of likely N-dealkylation sites (N-methyl/N-ethyl adjacent to an activating group) is 1. The fourth-order valence-electron chi connectivity index (χ4n) is 1.19. The molecular weight excluding hydrogens is 148 g/mol. The molecule has 72 valence electrons. The molecule has 12 heavy (non-hydrogen) atoms. The maximum atomic E-state index is 3.65. The van der Waals surface area contributed by atoms with Crippen LogP contribution in [-0.2, 0) is 0 Å². The van der Waals surface area contributed by atoms with E-state index < -0.39 is 0 Å². The summed E-state index contributed by atoms with van der Waals surface area (Å²) < 4.78 is 0. The lowest BCUT2D eigenvalue weighted by atomic mass is 10.2. The van der Waals surface area contributed by atoms with Crippen molar-refractivity contribution in [1.82, 2.24) is 10.2 Å². The van der Waals surface area contributed by atoms with Gasteiger partial charge in [-0.1, -0.05) is 19.9 Å². The van der Waals surface area contributed by atoms with Crippen LogP contribution in [0.4, 0.5) is 0 Å². The first-order valence-electron chi connectivity index (χ1n) is 4.67. The van der Waals surface area contributed by atoms with Crippen LogP contribution in [0.1, 0.15) is 13.8 Å². The van der Waals surface area contributed by atoms with Crippen LogP contribution in [0, 0.1) is 5.92 Å². The van der Waals surface area contributed by atoms with Gasteiger partial charge in [-0.25, -0.2) is 0 Å². The summed E-state index contributed by atoms with van der Waals surface area (Å²) in [4.78, 5) is 2.35. The Labute approximate surface area is 76.6 Å². The van der Waals surface area contributed by atoms with Crippen molar-refractivity contribution in [2.75, 3.05) is 33.2 Å². The fraction of sp³-hybridized carbons (Fsp3) is 0.800. The summed E-state index contributed by atoms with van der Waals surface area (Å²) in [6.07, 6.45) is 1.89. The van der Waals surface area contributed by atoms with Gasteiger partial charge in [0.2, 0.25) is 0 Å². The van der Waals surface area contributed by atoms with E-state index in [1.54, 1.807) is 0 Å². The Morgan fingerprint density at radius 1 is 1.50 bits per heavy atom. The standard InChI is InChI=1S/C10H22N2/c1-5-6-11-7-8-12(4)9-10(2)3/h5,10-11H,1,6-9H2,2-4H3. The van der Waals surface area contributed by atoms with E-state index >= 15 is 0 Å². The molecule has 2 nitrogen and oxygen atoms in total. The molecule has 0 aliphatic rings. The highest BCUT2D eigenvalue weighted by atomic mass is 15.1. The van der Waals surface area contributed by atoms with E-state index in [1.165, 1.54) is 6.54 Å². The van der Waals surface area contributed by atoms with E-state index in [4.69, 9.17) is 0 Å². The Morgan fingerprint density at radius 3 is 2.67 bits per heavy atom. The normalized spacial score (nSPS) is 11.1. The van der Waals surface area contributed by atoms with Gasteiger partial charge in [-0.3, -0.25) is 0 Å². The van der Waals surface area contributed by atoms with Crippen molar-refractivity contribution >= 4 is 0 Å². The van der Waals surface area contributed by atoms with E-state index in [2.05, 4.69) is 37.7 Å². The molecule has 0 bridgehead atoms. The first kappa shape index (κ1) is 11.7. The van der Waals surface area contributed by atoms with E-state index in [1.807, 2.05) is 6.08 Å². The Kier molecular flexibility index (Phi) is 7.11. The molecule has 0 aromatic heterocycles. The van der Waals surface area contributed by atoms with Crippen LogP contribution < -0.4 is 5.32 Å². The minimum Gasteiger partial charge on any atom is -0.312 e. The summed E-state index contributed by atoms with van der Waals surface area (Å²) in [6.45, 7) is 12.4. The van der Waals surface area contributed by atoms with Gasteiger partial charge in [-0.2, -0.15) is 0 Å². The minimum atomic E-state index is 0.759. The molecular formula is C10H22N2. The Morgan fingerprint density at radius 2 is 2.17 bits per heavy atom. The molecule has 0 aliphatic heterocycles. The van der Waals surface area contributed by atoms with Crippen molar-refractivity contribution in [1.29, 1.82) is 0 Å². The number of rotatable bonds is 7. The second-order valence-electron chi connectivity index (χ2n) is 3.65. The maximum absolute atomic E-state index is 3.65. The predicted molar refractivity (Wildman–Crippen MR) is 55.4 cm³/mol. The predicted octanol–water partition coefficient (Wildman–Crippen LogP) is 1.35. The first-order valence-corrected chi connectivity index (χ1v) is 4.67. The molecule has 0 atom stereocenters. The number of hydrogen-bond donors (Lipinski definition) is 1. The summed E-state index contributed by atoms with van der Waals surface area (Å²) in [7, 11) is 2.16.